The summed E-state index contributed by atoms with van der Waals surface area (Å²) in [6.45, 7) is 7.22. The first-order chi connectivity index (χ1) is 12.3. The Labute approximate surface area is 154 Å². The Kier molecular flexibility index (Phi) is 8.61. The van der Waals surface area contributed by atoms with Crippen molar-refractivity contribution < 1.29 is 24.2 Å². The van der Waals surface area contributed by atoms with E-state index in [1.165, 1.54) is 0 Å². The Balaban J connectivity index is 2.67. The first kappa shape index (κ1) is 21.5. The second kappa shape index (κ2) is 10.4. The molecule has 7 nitrogen and oxygen atoms in total. The first-order valence-corrected chi connectivity index (χ1v) is 8.76. The quantitative estimate of drug-likeness (QED) is 0.625. The number of alkyl carbamates (subject to hydrolysis) is 1. The minimum absolute atomic E-state index is 0.0870. The molecule has 0 spiro atoms. The van der Waals surface area contributed by atoms with Crippen molar-refractivity contribution in [3.8, 4) is 0 Å². The SMILES string of the molecule is CC[C@@H](C)[C@@H](NC(=O)[C@H](NC(=O)OCc1ccccc1)C(C)C)C(=O)O. The molecule has 0 heterocycles. The summed E-state index contributed by atoms with van der Waals surface area (Å²) in [6, 6.07) is 7.29. The molecule has 144 valence electrons. The van der Waals surface area contributed by atoms with E-state index in [-0.39, 0.29) is 18.4 Å². The zero-order chi connectivity index (χ0) is 19.7. The van der Waals surface area contributed by atoms with Crippen molar-refractivity contribution in [1.29, 1.82) is 0 Å². The highest BCUT2D eigenvalue weighted by Gasteiger charge is 2.31. The molecule has 7 heteroatoms. The summed E-state index contributed by atoms with van der Waals surface area (Å²) in [5.41, 5.74) is 0.830. The first-order valence-electron chi connectivity index (χ1n) is 8.76. The van der Waals surface area contributed by atoms with Crippen molar-refractivity contribution >= 4 is 18.0 Å². The lowest BCUT2D eigenvalue weighted by molar-refractivity contribution is -0.143. The number of hydrogen-bond donors (Lipinski definition) is 3. The third-order valence-corrected chi connectivity index (χ3v) is 4.21. The second-order valence-electron chi connectivity index (χ2n) is 6.64. The van der Waals surface area contributed by atoms with E-state index in [2.05, 4.69) is 10.6 Å². The number of benzene rings is 1. The van der Waals surface area contributed by atoms with Gasteiger partial charge < -0.3 is 20.5 Å². The van der Waals surface area contributed by atoms with Crippen molar-refractivity contribution in [3.63, 3.8) is 0 Å². The van der Waals surface area contributed by atoms with E-state index in [4.69, 9.17) is 4.74 Å². The molecule has 3 N–H and O–H groups in total. The van der Waals surface area contributed by atoms with Crippen LogP contribution in [0.3, 0.4) is 0 Å². The maximum absolute atomic E-state index is 12.5. The molecule has 0 fully saturated rings. The van der Waals surface area contributed by atoms with Gasteiger partial charge in [0.2, 0.25) is 5.91 Å². The van der Waals surface area contributed by atoms with E-state index in [1.807, 2.05) is 37.3 Å². The highest BCUT2D eigenvalue weighted by molar-refractivity contribution is 5.89. The van der Waals surface area contributed by atoms with Crippen molar-refractivity contribution in [1.82, 2.24) is 10.6 Å². The average Bonchev–Trinajstić information content (AvgIpc) is 2.61. The van der Waals surface area contributed by atoms with Gasteiger partial charge in [-0.3, -0.25) is 4.79 Å². The molecule has 26 heavy (non-hydrogen) atoms. The third-order valence-electron chi connectivity index (χ3n) is 4.21. The summed E-state index contributed by atoms with van der Waals surface area (Å²) in [5, 5.41) is 14.4. The maximum atomic E-state index is 12.5. The van der Waals surface area contributed by atoms with E-state index < -0.39 is 30.1 Å². The zero-order valence-electron chi connectivity index (χ0n) is 15.7. The highest BCUT2D eigenvalue weighted by atomic mass is 16.5. The van der Waals surface area contributed by atoms with Crippen LogP contribution in [-0.4, -0.2) is 35.2 Å². The number of carboxylic acids is 1. The molecule has 3 atom stereocenters. The van der Waals surface area contributed by atoms with Gasteiger partial charge in [-0.1, -0.05) is 64.4 Å². The number of hydrogen-bond acceptors (Lipinski definition) is 4. The number of nitrogens with one attached hydrogen (secondary N) is 2. The zero-order valence-corrected chi connectivity index (χ0v) is 15.7. The van der Waals surface area contributed by atoms with Gasteiger partial charge in [0.05, 0.1) is 0 Å². The topological polar surface area (TPSA) is 105 Å². The van der Waals surface area contributed by atoms with E-state index in [1.54, 1.807) is 20.8 Å². The van der Waals surface area contributed by atoms with Crippen LogP contribution in [0.5, 0.6) is 0 Å². The van der Waals surface area contributed by atoms with Gasteiger partial charge in [0.15, 0.2) is 0 Å². The van der Waals surface area contributed by atoms with Gasteiger partial charge in [-0.05, 0) is 17.4 Å². The van der Waals surface area contributed by atoms with Crippen LogP contribution in [0, 0.1) is 11.8 Å². The number of carbonyl (C=O) groups is 3. The lowest BCUT2D eigenvalue weighted by Crippen LogP contribution is -2.55. The molecule has 1 rings (SSSR count). The van der Waals surface area contributed by atoms with Crippen LogP contribution in [0.4, 0.5) is 4.79 Å². The minimum atomic E-state index is -1.10. The van der Waals surface area contributed by atoms with Crippen LogP contribution in [0.25, 0.3) is 0 Å². The summed E-state index contributed by atoms with van der Waals surface area (Å²) >= 11 is 0. The number of ether oxygens (including phenoxy) is 1. The molecular weight excluding hydrogens is 336 g/mol. The Morgan fingerprint density at radius 2 is 1.65 bits per heavy atom. The predicted octanol–water partition coefficient (Wildman–Crippen LogP) is 2.55. The van der Waals surface area contributed by atoms with Gasteiger partial charge in [-0.15, -0.1) is 0 Å². The Morgan fingerprint density at radius 1 is 1.04 bits per heavy atom. The normalized spacial score (nSPS) is 14.2. The smallest absolute Gasteiger partial charge is 0.408 e. The second-order valence-corrected chi connectivity index (χ2v) is 6.64. The minimum Gasteiger partial charge on any atom is -0.480 e. The molecule has 0 bridgehead atoms. The Hall–Kier alpha value is -2.57. The highest BCUT2D eigenvalue weighted by Crippen LogP contribution is 2.10. The molecule has 0 unspecified atom stereocenters. The fourth-order valence-corrected chi connectivity index (χ4v) is 2.35. The van der Waals surface area contributed by atoms with Gasteiger partial charge >= 0.3 is 12.1 Å². The van der Waals surface area contributed by atoms with E-state index in [0.717, 1.165) is 5.56 Å². The van der Waals surface area contributed by atoms with Crippen molar-refractivity contribution in [2.24, 2.45) is 11.8 Å². The fourth-order valence-electron chi connectivity index (χ4n) is 2.35. The Morgan fingerprint density at radius 3 is 2.15 bits per heavy atom. The van der Waals surface area contributed by atoms with Gasteiger partial charge in [0.25, 0.3) is 0 Å². The summed E-state index contributed by atoms with van der Waals surface area (Å²) < 4.78 is 5.13. The van der Waals surface area contributed by atoms with Crippen LogP contribution in [0.1, 0.15) is 39.7 Å². The van der Waals surface area contributed by atoms with E-state index in [9.17, 15) is 19.5 Å². The number of carboxylic acid groups (broad SMARTS) is 1. The molecule has 0 aliphatic rings. The molecule has 2 amide bonds. The Bertz CT molecular complexity index is 603. The number of aliphatic carboxylic acids is 1. The van der Waals surface area contributed by atoms with E-state index in [0.29, 0.717) is 6.42 Å². The molecule has 0 aliphatic heterocycles. The summed E-state index contributed by atoms with van der Waals surface area (Å²) in [7, 11) is 0. The van der Waals surface area contributed by atoms with E-state index >= 15 is 0 Å². The number of amides is 2. The molecular formula is C19H28N2O5. The number of rotatable bonds is 9. The molecule has 0 aromatic heterocycles. The van der Waals surface area contributed by atoms with Crippen LogP contribution < -0.4 is 10.6 Å². The lowest BCUT2D eigenvalue weighted by Gasteiger charge is -2.26. The van der Waals surface area contributed by atoms with Gasteiger partial charge in [0.1, 0.15) is 18.7 Å². The van der Waals surface area contributed by atoms with Crippen LogP contribution >= 0.6 is 0 Å². The van der Waals surface area contributed by atoms with Gasteiger partial charge in [-0.25, -0.2) is 9.59 Å². The van der Waals surface area contributed by atoms with Crippen LogP contribution in [0.15, 0.2) is 30.3 Å². The molecule has 0 radical (unpaired) electrons. The summed E-state index contributed by atoms with van der Waals surface area (Å²) in [5.74, 6) is -2.09. The largest absolute Gasteiger partial charge is 0.480 e. The van der Waals surface area contributed by atoms with Gasteiger partial charge in [-0.2, -0.15) is 0 Å². The molecule has 0 aliphatic carbocycles. The molecule has 1 aromatic rings. The monoisotopic (exact) mass is 364 g/mol. The third kappa shape index (κ3) is 6.74. The summed E-state index contributed by atoms with van der Waals surface area (Å²) in [4.78, 5) is 35.9. The van der Waals surface area contributed by atoms with Gasteiger partial charge in [0, 0.05) is 0 Å². The fraction of sp³-hybridized carbons (Fsp3) is 0.526. The number of carbonyl (C=O) groups excluding carboxylic acids is 2. The maximum Gasteiger partial charge on any atom is 0.408 e. The lowest BCUT2D eigenvalue weighted by atomic mass is 9.97. The summed E-state index contributed by atoms with van der Waals surface area (Å²) in [6.07, 6.45) is -0.117. The standard InChI is InChI=1S/C19H28N2O5/c1-5-13(4)16(18(23)24)20-17(22)15(12(2)3)21-19(25)26-11-14-9-7-6-8-10-14/h6-10,12-13,15-16H,5,11H2,1-4H3,(H,20,22)(H,21,25)(H,23,24)/t13-,15-,16-/m1/s1. The van der Waals surface area contributed by atoms with Crippen molar-refractivity contribution in [3.05, 3.63) is 35.9 Å². The predicted molar refractivity (Wildman–Crippen MR) is 97.4 cm³/mol. The molecule has 0 saturated heterocycles. The van der Waals surface area contributed by atoms with Crippen LogP contribution in [0.2, 0.25) is 0 Å². The molecule has 0 saturated carbocycles. The van der Waals surface area contributed by atoms with Crippen LogP contribution in [-0.2, 0) is 20.9 Å². The average molecular weight is 364 g/mol. The molecule has 1 aromatic carbocycles. The van der Waals surface area contributed by atoms with Crippen molar-refractivity contribution in [2.75, 3.05) is 0 Å². The van der Waals surface area contributed by atoms with Crippen molar-refractivity contribution in [2.45, 2.75) is 52.8 Å².